The Balaban J connectivity index is 0.00000338. The van der Waals surface area contributed by atoms with Crippen LogP contribution in [-0.4, -0.2) is 35.3 Å². The standard InChI is InChI=1S/C21H30NOSi.Al.Li/c1-21(2,3)24(4,5)23-20(19-14-10-7-11-15-19)17-22-16-18-12-8-6-9-13-18;;/h6-15,20H,16-17H2,1-5H3;;/q-1;;+1. The van der Waals surface area contributed by atoms with Gasteiger partial charge in [-0.2, -0.15) is 0 Å². The van der Waals surface area contributed by atoms with Crippen molar-refractivity contribution in [2.45, 2.75) is 51.6 Å². The summed E-state index contributed by atoms with van der Waals surface area (Å²) in [7, 11) is -1.85. The van der Waals surface area contributed by atoms with Gasteiger partial charge >= 0.3 is 18.9 Å². The number of nitrogens with zero attached hydrogens (tertiary/aromatic N) is 1. The van der Waals surface area contributed by atoms with Crippen LogP contribution in [0.5, 0.6) is 0 Å². The van der Waals surface area contributed by atoms with Gasteiger partial charge in [-0.25, -0.2) is 0 Å². The Labute approximate surface area is 181 Å². The Bertz CT molecular complexity index is 646. The molecule has 0 N–H and O–H groups in total. The molecule has 0 spiro atoms. The summed E-state index contributed by atoms with van der Waals surface area (Å²) in [4.78, 5) is 0. The van der Waals surface area contributed by atoms with E-state index in [1.54, 1.807) is 0 Å². The van der Waals surface area contributed by atoms with Crippen LogP contribution in [0.25, 0.3) is 0 Å². The Hall–Kier alpha value is -0.293. The summed E-state index contributed by atoms with van der Waals surface area (Å²) in [6.45, 7) is 13.3. The first kappa shape index (κ1) is 23.7. The SMILES string of the molecule is CC(C)(C)[Si](C)(C)OC(C[N]([Al-])Cc1ccccc1)c1ccccc1.[Li+]. The van der Waals surface area contributed by atoms with Crippen LogP contribution in [0.4, 0.5) is 0 Å². The molecule has 0 aliphatic rings. The van der Waals surface area contributed by atoms with E-state index in [1.807, 2.05) is 0 Å². The molecule has 0 aliphatic carbocycles. The third-order valence-corrected chi connectivity index (χ3v) is 9.92. The van der Waals surface area contributed by atoms with Crippen molar-refractivity contribution in [3.8, 4) is 0 Å². The van der Waals surface area contributed by atoms with Crippen LogP contribution in [0.15, 0.2) is 60.7 Å². The first-order valence-corrected chi connectivity index (χ1v) is 12.4. The van der Waals surface area contributed by atoms with Gasteiger partial charge < -0.3 is 24.8 Å². The third kappa shape index (κ3) is 7.03. The van der Waals surface area contributed by atoms with Crippen LogP contribution >= 0.6 is 0 Å². The molecule has 0 saturated carbocycles. The van der Waals surface area contributed by atoms with E-state index < -0.39 is 8.32 Å². The van der Waals surface area contributed by atoms with Gasteiger partial charge in [-0.05, 0) is 42.3 Å². The van der Waals surface area contributed by atoms with Crippen molar-refractivity contribution in [1.29, 1.82) is 0 Å². The van der Waals surface area contributed by atoms with Gasteiger partial charge in [0.15, 0.2) is 8.32 Å². The van der Waals surface area contributed by atoms with Gasteiger partial charge in [-0.15, -0.1) is 0 Å². The fourth-order valence-corrected chi connectivity index (χ4v) is 4.18. The minimum absolute atomic E-state index is 0. The van der Waals surface area contributed by atoms with Gasteiger partial charge in [0.2, 0.25) is 0 Å². The molecule has 0 fully saturated rings. The molecule has 0 saturated heterocycles. The van der Waals surface area contributed by atoms with Gasteiger partial charge in [-0.1, -0.05) is 81.4 Å². The smallest absolute Gasteiger partial charge is 0.616 e. The molecule has 133 valence electrons. The molecule has 3 radical (unpaired) electrons. The number of hydrogen-bond donors (Lipinski definition) is 0. The van der Waals surface area contributed by atoms with Crippen LogP contribution in [0.3, 0.4) is 0 Å². The number of rotatable bonds is 7. The minimum Gasteiger partial charge on any atom is -0.616 e. The summed E-state index contributed by atoms with van der Waals surface area (Å²) >= 11 is 2.87. The zero-order valence-electron chi connectivity index (χ0n) is 17.2. The maximum atomic E-state index is 6.78. The largest absolute Gasteiger partial charge is 1.00 e. The molecule has 26 heavy (non-hydrogen) atoms. The molecule has 0 bridgehead atoms. The second kappa shape index (κ2) is 10.3. The van der Waals surface area contributed by atoms with Crippen molar-refractivity contribution in [1.82, 2.24) is 3.88 Å². The summed E-state index contributed by atoms with van der Waals surface area (Å²) in [6, 6.07) is 21.2. The van der Waals surface area contributed by atoms with E-state index in [-0.39, 0.29) is 30.0 Å². The Morgan fingerprint density at radius 1 is 0.962 bits per heavy atom. The van der Waals surface area contributed by atoms with E-state index in [4.69, 9.17) is 4.43 Å². The molecule has 0 amide bonds. The Morgan fingerprint density at radius 3 is 1.96 bits per heavy atom. The summed E-state index contributed by atoms with van der Waals surface area (Å²) in [6.07, 6.45) is 0.0864. The van der Waals surface area contributed by atoms with Crippen LogP contribution in [-0.2, 0) is 11.0 Å². The minimum atomic E-state index is -1.85. The van der Waals surface area contributed by atoms with Crippen LogP contribution < -0.4 is 18.9 Å². The molecule has 2 rings (SSSR count). The summed E-state index contributed by atoms with van der Waals surface area (Å²) < 4.78 is 9.06. The van der Waals surface area contributed by atoms with E-state index in [9.17, 15) is 0 Å². The molecule has 1 atom stereocenters. The maximum absolute atomic E-state index is 6.78. The second-order valence-electron chi connectivity index (χ2n) is 8.19. The third-order valence-electron chi connectivity index (χ3n) is 5.04. The van der Waals surface area contributed by atoms with Crippen LogP contribution in [0, 0.1) is 0 Å². The first-order chi connectivity index (χ1) is 11.7. The van der Waals surface area contributed by atoms with Crippen LogP contribution in [0.1, 0.15) is 38.0 Å². The molecule has 2 nitrogen and oxygen atoms in total. The van der Waals surface area contributed by atoms with Crippen molar-refractivity contribution in [3.63, 3.8) is 0 Å². The molecule has 5 heteroatoms. The first-order valence-electron chi connectivity index (χ1n) is 8.95. The molecular weight excluding hydrogens is 344 g/mol. The zero-order valence-corrected chi connectivity index (χ0v) is 19.4. The molecule has 2 aromatic carbocycles. The van der Waals surface area contributed by atoms with Crippen molar-refractivity contribution < 1.29 is 23.3 Å². The van der Waals surface area contributed by atoms with Gasteiger partial charge in [0.05, 0.1) is 6.10 Å². The molecular formula is C21H30AlLiNOSi. The molecule has 0 aromatic heterocycles. The van der Waals surface area contributed by atoms with Gasteiger partial charge in [0, 0.05) is 0 Å². The fourth-order valence-electron chi connectivity index (χ4n) is 2.51. The second-order valence-corrected chi connectivity index (χ2v) is 13.7. The van der Waals surface area contributed by atoms with E-state index in [1.165, 1.54) is 11.1 Å². The van der Waals surface area contributed by atoms with Crippen molar-refractivity contribution in [2.24, 2.45) is 0 Å². The zero-order chi connectivity index (χ0) is 18.5. The topological polar surface area (TPSA) is 12.5 Å². The number of benzene rings is 2. The van der Waals surface area contributed by atoms with E-state index in [0.29, 0.717) is 0 Å². The van der Waals surface area contributed by atoms with E-state index in [2.05, 4.69) is 115 Å². The van der Waals surface area contributed by atoms with Crippen LogP contribution in [0.2, 0.25) is 18.1 Å². The normalized spacial score (nSPS) is 13.3. The average molecular weight is 374 g/mol. The molecule has 2 aromatic rings. The van der Waals surface area contributed by atoms with Crippen molar-refractivity contribution in [3.05, 3.63) is 71.8 Å². The summed E-state index contributed by atoms with van der Waals surface area (Å²) in [5.74, 6) is 0. The molecule has 0 aliphatic heterocycles. The van der Waals surface area contributed by atoms with Crippen molar-refractivity contribution in [2.75, 3.05) is 6.54 Å². The Kier molecular flexibility index (Phi) is 9.41. The predicted octanol–water partition coefficient (Wildman–Crippen LogP) is 2.34. The number of hydrogen-bond acceptors (Lipinski definition) is 2. The van der Waals surface area contributed by atoms with Gasteiger partial charge in [0.25, 0.3) is 0 Å². The summed E-state index contributed by atoms with van der Waals surface area (Å²) in [5, 5.41) is 0.200. The van der Waals surface area contributed by atoms with E-state index in [0.717, 1.165) is 13.1 Å². The molecule has 1 unspecified atom stereocenters. The molecule has 0 heterocycles. The predicted molar refractivity (Wildman–Crippen MR) is 110 cm³/mol. The monoisotopic (exact) mass is 374 g/mol. The van der Waals surface area contributed by atoms with Gasteiger partial charge in [0.1, 0.15) is 0 Å². The maximum Gasteiger partial charge on any atom is 1.00 e. The van der Waals surface area contributed by atoms with Gasteiger partial charge in [-0.3, -0.25) is 0 Å². The fraction of sp³-hybridized carbons (Fsp3) is 0.429. The van der Waals surface area contributed by atoms with Crippen molar-refractivity contribution >= 4 is 24.8 Å². The average Bonchev–Trinajstić information content (AvgIpc) is 2.54. The summed E-state index contributed by atoms with van der Waals surface area (Å²) in [5.41, 5.74) is 2.57. The quantitative estimate of drug-likeness (QED) is 0.690. The Morgan fingerprint density at radius 2 is 1.46 bits per heavy atom. The van der Waals surface area contributed by atoms with E-state index >= 15 is 0 Å².